The van der Waals surface area contributed by atoms with Gasteiger partial charge < -0.3 is 25.2 Å². The summed E-state index contributed by atoms with van der Waals surface area (Å²) in [4.78, 5) is 0. The molecule has 2 rings (SSSR count). The van der Waals surface area contributed by atoms with Crippen LogP contribution in [-0.4, -0.2) is 38.0 Å². The Hall–Kier alpha value is -1.60. The van der Waals surface area contributed by atoms with Crippen molar-refractivity contribution in [3.63, 3.8) is 0 Å². The van der Waals surface area contributed by atoms with Gasteiger partial charge in [-0.3, -0.25) is 0 Å². The van der Waals surface area contributed by atoms with Crippen LogP contribution in [0.3, 0.4) is 0 Å². The Labute approximate surface area is 163 Å². The fourth-order valence-electron chi connectivity index (χ4n) is 2.47. The van der Waals surface area contributed by atoms with Gasteiger partial charge in [0.2, 0.25) is 0 Å². The van der Waals surface area contributed by atoms with Gasteiger partial charge in [0.25, 0.3) is 0 Å². The fraction of sp³-hybridized carbons (Fsp3) is 0.400. The van der Waals surface area contributed by atoms with Crippen molar-refractivity contribution in [2.45, 2.75) is 26.2 Å². The lowest BCUT2D eigenvalue weighted by Crippen LogP contribution is -2.31. The summed E-state index contributed by atoms with van der Waals surface area (Å²) in [5.74, 6) is 1.41. The van der Waals surface area contributed by atoms with Gasteiger partial charge in [0, 0.05) is 26.2 Å². The normalized spacial score (nSPS) is 12.0. The van der Waals surface area contributed by atoms with E-state index in [9.17, 15) is 5.11 Å². The topological polar surface area (TPSA) is 62.8 Å². The van der Waals surface area contributed by atoms with E-state index in [4.69, 9.17) is 9.47 Å². The highest BCUT2D eigenvalue weighted by Crippen LogP contribution is 2.37. The van der Waals surface area contributed by atoms with Crippen molar-refractivity contribution < 1.29 is 14.6 Å². The highest BCUT2D eigenvalue weighted by Gasteiger charge is 2.12. The number of hydrogen-bond donors (Lipinski definition) is 3. The summed E-state index contributed by atoms with van der Waals surface area (Å²) in [6, 6.07) is 14.1. The molecule has 0 aliphatic rings. The van der Waals surface area contributed by atoms with E-state index in [1.807, 2.05) is 42.5 Å². The number of aliphatic hydroxyl groups is 1. The molecule has 2 aromatic carbocycles. The number of halogens is 1. The number of nitrogens with one attached hydrogen (secondary N) is 2. The molecule has 0 fully saturated rings. The largest absolute Gasteiger partial charge is 0.493 e. The highest BCUT2D eigenvalue weighted by molar-refractivity contribution is 9.10. The van der Waals surface area contributed by atoms with Gasteiger partial charge >= 0.3 is 0 Å². The summed E-state index contributed by atoms with van der Waals surface area (Å²) in [6.07, 6.45) is -0.321. The molecule has 0 spiro atoms. The summed E-state index contributed by atoms with van der Waals surface area (Å²) in [5.41, 5.74) is 2.22. The van der Waals surface area contributed by atoms with Crippen molar-refractivity contribution in [3.05, 3.63) is 58.1 Å². The molecule has 0 unspecified atom stereocenters. The first-order valence-electron chi connectivity index (χ1n) is 8.72. The Morgan fingerprint density at radius 3 is 2.50 bits per heavy atom. The van der Waals surface area contributed by atoms with E-state index >= 15 is 0 Å². The van der Waals surface area contributed by atoms with Crippen LogP contribution in [0.5, 0.6) is 11.5 Å². The van der Waals surface area contributed by atoms with Crippen molar-refractivity contribution in [1.82, 2.24) is 10.6 Å². The molecule has 1 atom stereocenters. The molecule has 0 saturated heterocycles. The van der Waals surface area contributed by atoms with Crippen molar-refractivity contribution in [3.8, 4) is 11.5 Å². The number of rotatable bonds is 11. The number of aliphatic hydroxyl groups excluding tert-OH is 1. The van der Waals surface area contributed by atoms with Gasteiger partial charge in [-0.05, 0) is 46.1 Å². The third-order valence-corrected chi connectivity index (χ3v) is 4.35. The average molecular weight is 423 g/mol. The Balaban J connectivity index is 1.89. The second-order valence-corrected chi connectivity index (χ2v) is 6.97. The van der Waals surface area contributed by atoms with E-state index in [0.29, 0.717) is 24.7 Å². The van der Waals surface area contributed by atoms with Crippen LogP contribution in [0.4, 0.5) is 0 Å². The van der Waals surface area contributed by atoms with Gasteiger partial charge in [-0.2, -0.15) is 0 Å². The van der Waals surface area contributed by atoms with Gasteiger partial charge in [-0.1, -0.05) is 30.3 Å². The second kappa shape index (κ2) is 11.2. The molecule has 26 heavy (non-hydrogen) atoms. The van der Waals surface area contributed by atoms with E-state index in [1.54, 1.807) is 14.0 Å². The van der Waals surface area contributed by atoms with Crippen molar-refractivity contribution in [2.24, 2.45) is 0 Å². The van der Waals surface area contributed by atoms with Crippen molar-refractivity contribution >= 4 is 15.9 Å². The summed E-state index contributed by atoms with van der Waals surface area (Å²) in [6.45, 7) is 5.22. The predicted octanol–water partition coefficient (Wildman–Crippen LogP) is 3.10. The first kappa shape index (κ1) is 20.7. The number of ether oxygens (including phenoxy) is 2. The molecule has 0 aliphatic heterocycles. The molecule has 0 aromatic heterocycles. The molecule has 0 heterocycles. The van der Waals surface area contributed by atoms with Gasteiger partial charge in [0.05, 0.1) is 17.7 Å². The number of hydrogen-bond acceptors (Lipinski definition) is 5. The monoisotopic (exact) mass is 422 g/mol. The van der Waals surface area contributed by atoms with E-state index in [1.165, 1.54) is 0 Å². The molecule has 0 saturated carbocycles. The zero-order chi connectivity index (χ0) is 18.8. The smallest absolute Gasteiger partial charge is 0.175 e. The maximum Gasteiger partial charge on any atom is 0.175 e. The van der Waals surface area contributed by atoms with E-state index in [0.717, 1.165) is 35.2 Å². The Bertz CT molecular complexity index is 666. The summed E-state index contributed by atoms with van der Waals surface area (Å²) in [7, 11) is 1.65. The van der Waals surface area contributed by atoms with Gasteiger partial charge in [-0.25, -0.2) is 0 Å². The van der Waals surface area contributed by atoms with Crippen LogP contribution in [0.15, 0.2) is 46.9 Å². The quantitative estimate of drug-likeness (QED) is 0.485. The standard InChI is InChI=1S/C20H27BrN2O3/c1-15(24)12-22-8-9-23-13-17-10-18(21)20(19(11-17)25-2)26-14-16-6-4-3-5-7-16/h3-7,10-11,15,22-24H,8-9,12-14H2,1-2H3/t15-/m0/s1. The number of benzene rings is 2. The minimum absolute atomic E-state index is 0.321. The molecule has 6 heteroatoms. The molecule has 0 bridgehead atoms. The molecule has 5 nitrogen and oxygen atoms in total. The van der Waals surface area contributed by atoms with E-state index in [2.05, 4.69) is 26.6 Å². The first-order chi connectivity index (χ1) is 12.6. The average Bonchev–Trinajstić information content (AvgIpc) is 2.63. The zero-order valence-corrected chi connectivity index (χ0v) is 16.9. The SMILES string of the molecule is COc1cc(CNCCNC[C@H](C)O)cc(Br)c1OCc1ccccc1. The molecule has 0 radical (unpaired) electrons. The lowest BCUT2D eigenvalue weighted by atomic mass is 10.2. The third kappa shape index (κ3) is 6.96. The molecular formula is C20H27BrN2O3. The van der Waals surface area contributed by atoms with Crippen LogP contribution < -0.4 is 20.1 Å². The molecule has 0 amide bonds. The van der Waals surface area contributed by atoms with Gasteiger partial charge in [0.15, 0.2) is 11.5 Å². The minimum Gasteiger partial charge on any atom is -0.493 e. The molecule has 2 aromatic rings. The fourth-order valence-corrected chi connectivity index (χ4v) is 3.07. The van der Waals surface area contributed by atoms with Crippen LogP contribution in [-0.2, 0) is 13.2 Å². The van der Waals surface area contributed by atoms with Crippen LogP contribution in [0, 0.1) is 0 Å². The van der Waals surface area contributed by atoms with E-state index < -0.39 is 0 Å². The number of methoxy groups -OCH3 is 1. The third-order valence-electron chi connectivity index (χ3n) is 3.76. The summed E-state index contributed by atoms with van der Waals surface area (Å²) >= 11 is 3.59. The summed E-state index contributed by atoms with van der Waals surface area (Å²) < 4.78 is 12.3. The Kier molecular flexibility index (Phi) is 8.91. The summed E-state index contributed by atoms with van der Waals surface area (Å²) in [5, 5.41) is 15.8. The second-order valence-electron chi connectivity index (χ2n) is 6.11. The molecule has 0 aliphatic carbocycles. The Morgan fingerprint density at radius 2 is 1.81 bits per heavy atom. The maximum atomic E-state index is 9.20. The minimum atomic E-state index is -0.321. The lowest BCUT2D eigenvalue weighted by molar-refractivity contribution is 0.191. The Morgan fingerprint density at radius 1 is 1.08 bits per heavy atom. The van der Waals surface area contributed by atoms with Crippen LogP contribution >= 0.6 is 15.9 Å². The van der Waals surface area contributed by atoms with Crippen molar-refractivity contribution in [2.75, 3.05) is 26.7 Å². The van der Waals surface area contributed by atoms with E-state index in [-0.39, 0.29) is 6.10 Å². The maximum absolute atomic E-state index is 9.20. The van der Waals surface area contributed by atoms with Gasteiger partial charge in [0.1, 0.15) is 6.61 Å². The predicted molar refractivity (Wildman–Crippen MR) is 108 cm³/mol. The lowest BCUT2D eigenvalue weighted by Gasteiger charge is -2.15. The molecule has 3 N–H and O–H groups in total. The molecule has 142 valence electrons. The first-order valence-corrected chi connectivity index (χ1v) is 9.52. The van der Waals surface area contributed by atoms with Crippen LogP contribution in [0.25, 0.3) is 0 Å². The zero-order valence-electron chi connectivity index (χ0n) is 15.3. The van der Waals surface area contributed by atoms with Crippen LogP contribution in [0.1, 0.15) is 18.1 Å². The molecular weight excluding hydrogens is 396 g/mol. The van der Waals surface area contributed by atoms with Crippen LogP contribution in [0.2, 0.25) is 0 Å². The van der Waals surface area contributed by atoms with Crippen molar-refractivity contribution in [1.29, 1.82) is 0 Å². The highest BCUT2D eigenvalue weighted by atomic mass is 79.9. The van der Waals surface area contributed by atoms with Gasteiger partial charge in [-0.15, -0.1) is 0 Å².